The number of para-hydroxylation sites is 1. The summed E-state index contributed by atoms with van der Waals surface area (Å²) in [7, 11) is -3.88. The Kier molecular flexibility index (Phi) is 8.70. The van der Waals surface area contributed by atoms with Crippen molar-refractivity contribution in [2.24, 2.45) is 5.92 Å². The third-order valence-electron chi connectivity index (χ3n) is 6.57. The molecular formula is C27H33N5O5S. The van der Waals surface area contributed by atoms with Gasteiger partial charge in [0.1, 0.15) is 6.04 Å². The number of carbonyl (C=O) groups is 2. The maximum absolute atomic E-state index is 13.3. The molecule has 202 valence electrons. The van der Waals surface area contributed by atoms with Crippen LogP contribution in [0.15, 0.2) is 66.0 Å². The van der Waals surface area contributed by atoms with E-state index >= 15 is 0 Å². The maximum atomic E-state index is 13.3. The standard InChI is InChI=1S/C27H33N5O5S/c1-18(2)16-23(31-26(34)20-12-14-28-21-9-4-3-8-19(20)21)27(35)30-22-10-7-15-32(17-24(22)33)38(36,37)25-11-5-6-13-29-25/h3-6,8-9,11-14,18,22-24,33H,7,10,15-17H2,1-2H3,(H,30,35)(H,31,34)/t22?,23?,24-/m0/s1. The summed E-state index contributed by atoms with van der Waals surface area (Å²) >= 11 is 0. The molecule has 1 aliphatic rings. The molecule has 3 aromatic rings. The fourth-order valence-electron chi connectivity index (χ4n) is 4.64. The third kappa shape index (κ3) is 6.35. The first-order valence-electron chi connectivity index (χ1n) is 12.7. The quantitative estimate of drug-likeness (QED) is 0.398. The van der Waals surface area contributed by atoms with Crippen molar-refractivity contribution in [1.82, 2.24) is 24.9 Å². The van der Waals surface area contributed by atoms with Crippen LogP contribution in [-0.4, -0.2) is 70.9 Å². The molecule has 0 aliphatic carbocycles. The zero-order valence-electron chi connectivity index (χ0n) is 21.4. The summed E-state index contributed by atoms with van der Waals surface area (Å²) in [5.41, 5.74) is 1.10. The number of hydrogen-bond donors (Lipinski definition) is 3. The molecule has 1 fully saturated rings. The van der Waals surface area contributed by atoms with E-state index in [0.29, 0.717) is 35.7 Å². The van der Waals surface area contributed by atoms with Gasteiger partial charge in [0.2, 0.25) is 5.91 Å². The molecule has 0 radical (unpaired) electrons. The Labute approximate surface area is 222 Å². The molecule has 0 saturated carbocycles. The summed E-state index contributed by atoms with van der Waals surface area (Å²) in [5, 5.41) is 17.2. The number of amides is 2. The number of aromatic nitrogens is 2. The van der Waals surface area contributed by atoms with Crippen LogP contribution in [0.1, 0.15) is 43.5 Å². The number of nitrogens with one attached hydrogen (secondary N) is 2. The predicted octanol–water partition coefficient (Wildman–Crippen LogP) is 2.10. The summed E-state index contributed by atoms with van der Waals surface area (Å²) in [6.45, 7) is 3.93. The van der Waals surface area contributed by atoms with Crippen LogP contribution in [0.25, 0.3) is 10.9 Å². The zero-order chi connectivity index (χ0) is 27.3. The molecule has 2 amide bonds. The molecule has 11 heteroatoms. The van der Waals surface area contributed by atoms with Gasteiger partial charge in [0.15, 0.2) is 5.03 Å². The first-order chi connectivity index (χ1) is 18.2. The van der Waals surface area contributed by atoms with Crippen LogP contribution in [0.4, 0.5) is 0 Å². The number of carbonyl (C=O) groups excluding carboxylic acids is 2. The van der Waals surface area contributed by atoms with Gasteiger partial charge in [0, 0.05) is 30.9 Å². The number of nitrogens with zero attached hydrogens (tertiary/aromatic N) is 3. The van der Waals surface area contributed by atoms with Crippen molar-refractivity contribution in [1.29, 1.82) is 0 Å². The lowest BCUT2D eigenvalue weighted by molar-refractivity contribution is -0.125. The van der Waals surface area contributed by atoms with Gasteiger partial charge >= 0.3 is 0 Å². The van der Waals surface area contributed by atoms with Gasteiger partial charge < -0.3 is 15.7 Å². The second-order valence-electron chi connectivity index (χ2n) is 9.89. The van der Waals surface area contributed by atoms with Crippen LogP contribution in [0.5, 0.6) is 0 Å². The van der Waals surface area contributed by atoms with Gasteiger partial charge in [0.25, 0.3) is 15.9 Å². The van der Waals surface area contributed by atoms with Crippen molar-refractivity contribution in [3.8, 4) is 0 Å². The van der Waals surface area contributed by atoms with Crippen molar-refractivity contribution < 1.29 is 23.1 Å². The molecule has 38 heavy (non-hydrogen) atoms. The van der Waals surface area contributed by atoms with Crippen LogP contribution >= 0.6 is 0 Å². The largest absolute Gasteiger partial charge is 0.390 e. The number of fused-ring (bicyclic) bond motifs is 1. The fourth-order valence-corrected chi connectivity index (χ4v) is 6.07. The smallest absolute Gasteiger partial charge is 0.260 e. The van der Waals surface area contributed by atoms with Crippen LogP contribution in [0.3, 0.4) is 0 Å². The van der Waals surface area contributed by atoms with E-state index < -0.39 is 40.0 Å². The lowest BCUT2D eigenvalue weighted by atomic mass is 10.0. The number of β-amino-alcohol motifs (C(OH)–C–C–N with tert-alkyl or cyclic N) is 1. The summed E-state index contributed by atoms with van der Waals surface area (Å²) < 4.78 is 27.2. The van der Waals surface area contributed by atoms with E-state index in [1.165, 1.54) is 16.6 Å². The third-order valence-corrected chi connectivity index (χ3v) is 8.35. The normalized spacial score (nSPS) is 19.6. The van der Waals surface area contributed by atoms with Gasteiger partial charge in [0.05, 0.1) is 23.2 Å². The molecule has 0 spiro atoms. The van der Waals surface area contributed by atoms with Gasteiger partial charge in [-0.25, -0.2) is 13.4 Å². The highest BCUT2D eigenvalue weighted by molar-refractivity contribution is 7.89. The predicted molar refractivity (Wildman–Crippen MR) is 143 cm³/mol. The van der Waals surface area contributed by atoms with Crippen LogP contribution < -0.4 is 10.6 Å². The molecule has 3 N–H and O–H groups in total. The number of benzene rings is 1. The van der Waals surface area contributed by atoms with Crippen molar-refractivity contribution in [2.75, 3.05) is 13.1 Å². The summed E-state index contributed by atoms with van der Waals surface area (Å²) in [4.78, 5) is 34.8. The molecule has 1 aliphatic heterocycles. The number of aliphatic hydroxyl groups excluding tert-OH is 1. The average molecular weight is 540 g/mol. The Morgan fingerprint density at radius 2 is 1.84 bits per heavy atom. The van der Waals surface area contributed by atoms with E-state index in [4.69, 9.17) is 0 Å². The Balaban J connectivity index is 1.46. The molecule has 4 rings (SSSR count). The van der Waals surface area contributed by atoms with Crippen molar-refractivity contribution >= 4 is 32.7 Å². The minimum Gasteiger partial charge on any atom is -0.390 e. The van der Waals surface area contributed by atoms with Crippen LogP contribution in [0, 0.1) is 5.92 Å². The van der Waals surface area contributed by atoms with E-state index in [2.05, 4.69) is 20.6 Å². The molecule has 1 aromatic carbocycles. The Morgan fingerprint density at radius 1 is 1.08 bits per heavy atom. The lowest BCUT2D eigenvalue weighted by Gasteiger charge is -2.27. The number of pyridine rings is 2. The van der Waals surface area contributed by atoms with E-state index in [1.807, 2.05) is 32.0 Å². The van der Waals surface area contributed by atoms with E-state index in [0.717, 1.165) is 0 Å². The van der Waals surface area contributed by atoms with Gasteiger partial charge in [-0.05, 0) is 49.4 Å². The lowest BCUT2D eigenvalue weighted by Crippen LogP contribution is -2.54. The zero-order valence-corrected chi connectivity index (χ0v) is 22.3. The SMILES string of the molecule is CC(C)CC(NC(=O)c1ccnc2ccccc12)C(=O)NC1CCCN(S(=O)(=O)c2ccccn2)C[C@@H]1O. The second kappa shape index (κ2) is 12.0. The van der Waals surface area contributed by atoms with Gasteiger partial charge in [-0.1, -0.05) is 38.1 Å². The van der Waals surface area contributed by atoms with E-state index in [1.54, 1.807) is 30.5 Å². The van der Waals surface area contributed by atoms with Crippen molar-refractivity contribution in [3.05, 3.63) is 66.5 Å². The van der Waals surface area contributed by atoms with Crippen LogP contribution in [0.2, 0.25) is 0 Å². The molecule has 3 heterocycles. The van der Waals surface area contributed by atoms with Gasteiger partial charge in [-0.3, -0.25) is 14.6 Å². The minimum atomic E-state index is -3.88. The molecular weight excluding hydrogens is 506 g/mol. The van der Waals surface area contributed by atoms with Crippen molar-refractivity contribution in [2.45, 2.75) is 56.3 Å². The molecule has 10 nitrogen and oxygen atoms in total. The highest BCUT2D eigenvalue weighted by Gasteiger charge is 2.35. The number of aliphatic hydroxyl groups is 1. The van der Waals surface area contributed by atoms with E-state index in [-0.39, 0.29) is 24.0 Å². The maximum Gasteiger partial charge on any atom is 0.260 e. The molecule has 2 aromatic heterocycles. The van der Waals surface area contributed by atoms with Crippen LogP contribution in [-0.2, 0) is 14.8 Å². The minimum absolute atomic E-state index is 0.0852. The average Bonchev–Trinajstić information content (AvgIpc) is 3.09. The Bertz CT molecular complexity index is 1380. The van der Waals surface area contributed by atoms with E-state index in [9.17, 15) is 23.1 Å². The topological polar surface area (TPSA) is 142 Å². The Morgan fingerprint density at radius 3 is 2.58 bits per heavy atom. The number of rotatable bonds is 8. The van der Waals surface area contributed by atoms with Crippen molar-refractivity contribution in [3.63, 3.8) is 0 Å². The Hall–Kier alpha value is -3.41. The summed E-state index contributed by atoms with van der Waals surface area (Å²) in [5.74, 6) is -0.702. The van der Waals surface area contributed by atoms with Gasteiger partial charge in [-0.15, -0.1) is 0 Å². The highest BCUT2D eigenvalue weighted by Crippen LogP contribution is 2.20. The summed E-state index contributed by atoms with van der Waals surface area (Å²) in [6.07, 6.45) is 3.06. The van der Waals surface area contributed by atoms with Gasteiger partial charge in [-0.2, -0.15) is 4.31 Å². The first-order valence-corrected chi connectivity index (χ1v) is 14.1. The highest BCUT2D eigenvalue weighted by atomic mass is 32.2. The molecule has 2 unspecified atom stereocenters. The molecule has 1 saturated heterocycles. The second-order valence-corrected chi connectivity index (χ2v) is 11.8. The number of sulfonamides is 1. The fraction of sp³-hybridized carbons (Fsp3) is 0.407. The molecule has 3 atom stereocenters. The molecule has 0 bridgehead atoms. The monoisotopic (exact) mass is 539 g/mol. The summed E-state index contributed by atoms with van der Waals surface area (Å²) in [6, 6.07) is 12.0. The number of hydrogen-bond acceptors (Lipinski definition) is 7. The first kappa shape index (κ1) is 27.6.